The minimum absolute atomic E-state index is 0.112. The molecule has 1 aromatic carbocycles. The van der Waals surface area contributed by atoms with Gasteiger partial charge in [-0.3, -0.25) is 0 Å². The van der Waals surface area contributed by atoms with Crippen LogP contribution in [0.5, 0.6) is 0 Å². The second-order valence-corrected chi connectivity index (χ2v) is 6.11. The average molecular weight is 316 g/mol. The second kappa shape index (κ2) is 7.25. The van der Waals surface area contributed by atoms with Crippen molar-refractivity contribution in [1.29, 1.82) is 0 Å². The lowest BCUT2D eigenvalue weighted by atomic mass is 9.84. The van der Waals surface area contributed by atoms with Gasteiger partial charge in [-0.15, -0.1) is 0 Å². The Morgan fingerprint density at radius 2 is 1.94 bits per heavy atom. The first-order chi connectivity index (χ1) is 8.45. The van der Waals surface area contributed by atoms with E-state index in [9.17, 15) is 4.39 Å². The largest absolute Gasteiger partial charge is 0.314 e. The first-order valence-corrected chi connectivity index (χ1v) is 7.42. The molecule has 1 nitrogen and oxygen atoms in total. The van der Waals surface area contributed by atoms with Crippen LogP contribution in [0.25, 0.3) is 0 Å². The maximum atomic E-state index is 13.9. The van der Waals surface area contributed by atoms with Crippen LogP contribution >= 0.6 is 15.9 Å². The maximum absolute atomic E-state index is 13.9. The highest BCUT2D eigenvalue weighted by molar-refractivity contribution is 9.10. The van der Waals surface area contributed by atoms with Gasteiger partial charge in [0, 0.05) is 10.5 Å². The van der Waals surface area contributed by atoms with E-state index >= 15 is 0 Å². The van der Waals surface area contributed by atoms with Crippen LogP contribution in [0.15, 0.2) is 22.7 Å². The molecule has 2 atom stereocenters. The minimum Gasteiger partial charge on any atom is -0.314 e. The SMILES string of the molecule is CCNC(C)C(Cc1ccc(Br)cc1F)C(C)C. The topological polar surface area (TPSA) is 12.0 Å². The van der Waals surface area contributed by atoms with Crippen molar-refractivity contribution in [2.24, 2.45) is 11.8 Å². The van der Waals surface area contributed by atoms with E-state index < -0.39 is 0 Å². The lowest BCUT2D eigenvalue weighted by molar-refractivity contribution is 0.289. The number of rotatable bonds is 6. The molecular formula is C15H23BrFN. The predicted molar refractivity (Wildman–Crippen MR) is 79.3 cm³/mol. The Morgan fingerprint density at radius 1 is 1.28 bits per heavy atom. The standard InChI is InChI=1S/C15H23BrFN/c1-5-18-11(4)14(10(2)3)8-12-6-7-13(16)9-15(12)17/h6-7,9-11,14,18H,5,8H2,1-4H3. The van der Waals surface area contributed by atoms with Gasteiger partial charge in [-0.2, -0.15) is 0 Å². The van der Waals surface area contributed by atoms with Gasteiger partial charge in [0.1, 0.15) is 5.82 Å². The Morgan fingerprint density at radius 3 is 2.44 bits per heavy atom. The summed E-state index contributed by atoms with van der Waals surface area (Å²) >= 11 is 3.29. The van der Waals surface area contributed by atoms with Crippen molar-refractivity contribution in [3.8, 4) is 0 Å². The Bertz CT molecular complexity index is 379. The summed E-state index contributed by atoms with van der Waals surface area (Å²) in [7, 11) is 0. The summed E-state index contributed by atoms with van der Waals surface area (Å²) in [4.78, 5) is 0. The molecule has 102 valence electrons. The Balaban J connectivity index is 2.83. The molecule has 2 unspecified atom stereocenters. The zero-order valence-corrected chi connectivity index (χ0v) is 13.2. The van der Waals surface area contributed by atoms with Gasteiger partial charge in [0.2, 0.25) is 0 Å². The molecule has 0 aliphatic rings. The molecule has 1 N–H and O–H groups in total. The zero-order valence-electron chi connectivity index (χ0n) is 11.6. The second-order valence-electron chi connectivity index (χ2n) is 5.19. The fourth-order valence-corrected chi connectivity index (χ4v) is 2.74. The van der Waals surface area contributed by atoms with Gasteiger partial charge in [0.05, 0.1) is 0 Å². The predicted octanol–water partition coefficient (Wildman–Crippen LogP) is 4.40. The molecule has 0 saturated carbocycles. The number of benzene rings is 1. The molecule has 0 radical (unpaired) electrons. The van der Waals surface area contributed by atoms with Crippen molar-refractivity contribution in [2.75, 3.05) is 6.54 Å². The van der Waals surface area contributed by atoms with Crippen molar-refractivity contribution in [3.05, 3.63) is 34.1 Å². The molecular weight excluding hydrogens is 293 g/mol. The van der Waals surface area contributed by atoms with Crippen molar-refractivity contribution >= 4 is 15.9 Å². The molecule has 1 aromatic rings. The lowest BCUT2D eigenvalue weighted by Gasteiger charge is -2.28. The summed E-state index contributed by atoms with van der Waals surface area (Å²) in [5, 5.41) is 3.45. The van der Waals surface area contributed by atoms with Gasteiger partial charge in [-0.25, -0.2) is 4.39 Å². The van der Waals surface area contributed by atoms with Gasteiger partial charge < -0.3 is 5.32 Å². The molecule has 0 spiro atoms. The lowest BCUT2D eigenvalue weighted by Crippen LogP contribution is -2.37. The molecule has 1 rings (SSSR count). The van der Waals surface area contributed by atoms with Crippen LogP contribution < -0.4 is 5.32 Å². The summed E-state index contributed by atoms with van der Waals surface area (Å²) in [5.41, 5.74) is 0.807. The third kappa shape index (κ3) is 4.36. The normalized spacial score (nSPS) is 14.8. The van der Waals surface area contributed by atoms with Crippen LogP contribution in [0.3, 0.4) is 0 Å². The van der Waals surface area contributed by atoms with Crippen molar-refractivity contribution < 1.29 is 4.39 Å². The Hall–Kier alpha value is -0.410. The van der Waals surface area contributed by atoms with E-state index in [1.54, 1.807) is 6.07 Å². The maximum Gasteiger partial charge on any atom is 0.127 e. The van der Waals surface area contributed by atoms with Gasteiger partial charge in [0.15, 0.2) is 0 Å². The van der Waals surface area contributed by atoms with Crippen LogP contribution in [0, 0.1) is 17.7 Å². The number of hydrogen-bond acceptors (Lipinski definition) is 1. The fraction of sp³-hybridized carbons (Fsp3) is 0.600. The monoisotopic (exact) mass is 315 g/mol. The van der Waals surface area contributed by atoms with Gasteiger partial charge in [-0.05, 0) is 49.4 Å². The highest BCUT2D eigenvalue weighted by Crippen LogP contribution is 2.24. The average Bonchev–Trinajstić information content (AvgIpc) is 2.27. The van der Waals surface area contributed by atoms with E-state index in [1.165, 1.54) is 0 Å². The van der Waals surface area contributed by atoms with E-state index in [4.69, 9.17) is 0 Å². The van der Waals surface area contributed by atoms with Crippen LogP contribution in [0.4, 0.5) is 4.39 Å². The smallest absolute Gasteiger partial charge is 0.127 e. The molecule has 0 amide bonds. The first-order valence-electron chi connectivity index (χ1n) is 6.63. The van der Waals surface area contributed by atoms with Crippen LogP contribution in [-0.2, 0) is 6.42 Å². The molecule has 0 aliphatic carbocycles. The van der Waals surface area contributed by atoms with Gasteiger partial charge in [0.25, 0.3) is 0 Å². The summed E-state index contributed by atoms with van der Waals surface area (Å²) in [6.07, 6.45) is 0.783. The summed E-state index contributed by atoms with van der Waals surface area (Å²) < 4.78 is 14.7. The van der Waals surface area contributed by atoms with Gasteiger partial charge in [-0.1, -0.05) is 42.8 Å². The molecule has 0 aromatic heterocycles. The number of nitrogens with one attached hydrogen (secondary N) is 1. The van der Waals surface area contributed by atoms with Crippen molar-refractivity contribution in [3.63, 3.8) is 0 Å². The van der Waals surface area contributed by atoms with E-state index in [2.05, 4.69) is 48.9 Å². The van der Waals surface area contributed by atoms with E-state index in [-0.39, 0.29) is 5.82 Å². The molecule has 18 heavy (non-hydrogen) atoms. The van der Waals surface area contributed by atoms with Crippen LogP contribution in [0.2, 0.25) is 0 Å². The van der Waals surface area contributed by atoms with Crippen molar-refractivity contribution in [2.45, 2.75) is 40.2 Å². The van der Waals surface area contributed by atoms with Crippen molar-refractivity contribution in [1.82, 2.24) is 5.32 Å². The summed E-state index contributed by atoms with van der Waals surface area (Å²) in [6, 6.07) is 5.74. The highest BCUT2D eigenvalue weighted by atomic mass is 79.9. The van der Waals surface area contributed by atoms with E-state index in [0.29, 0.717) is 17.9 Å². The highest BCUT2D eigenvalue weighted by Gasteiger charge is 2.21. The quantitative estimate of drug-likeness (QED) is 0.820. The number of halogens is 2. The molecule has 3 heteroatoms. The third-order valence-corrected chi connectivity index (χ3v) is 3.99. The molecule has 0 aliphatic heterocycles. The molecule has 0 saturated heterocycles. The minimum atomic E-state index is -0.112. The fourth-order valence-electron chi connectivity index (χ4n) is 2.40. The Kier molecular flexibility index (Phi) is 6.30. The van der Waals surface area contributed by atoms with Crippen LogP contribution in [-0.4, -0.2) is 12.6 Å². The first kappa shape index (κ1) is 15.6. The zero-order chi connectivity index (χ0) is 13.7. The van der Waals surface area contributed by atoms with Crippen LogP contribution in [0.1, 0.15) is 33.3 Å². The summed E-state index contributed by atoms with van der Waals surface area (Å²) in [5.74, 6) is 0.862. The Labute approximate surface area is 118 Å². The number of hydrogen-bond donors (Lipinski definition) is 1. The van der Waals surface area contributed by atoms with E-state index in [1.807, 2.05) is 12.1 Å². The van der Waals surface area contributed by atoms with Gasteiger partial charge >= 0.3 is 0 Å². The summed E-state index contributed by atoms with van der Waals surface area (Å²) in [6.45, 7) is 9.65. The molecule has 0 bridgehead atoms. The third-order valence-electron chi connectivity index (χ3n) is 3.50. The molecule has 0 heterocycles. The van der Waals surface area contributed by atoms with E-state index in [0.717, 1.165) is 23.0 Å². The molecule has 0 fully saturated rings.